The third kappa shape index (κ3) is 3.45. The third-order valence-corrected chi connectivity index (χ3v) is 4.17. The van der Waals surface area contributed by atoms with Crippen LogP contribution in [-0.2, 0) is 9.53 Å². The molecule has 25 heavy (non-hydrogen) atoms. The lowest BCUT2D eigenvalue weighted by atomic mass is 10.0. The molecule has 0 N–H and O–H groups in total. The molecule has 2 amide bonds. The van der Waals surface area contributed by atoms with Crippen molar-refractivity contribution in [2.75, 3.05) is 31.6 Å². The Morgan fingerprint density at radius 1 is 1.08 bits per heavy atom. The predicted molar refractivity (Wildman–Crippen MR) is 92.9 cm³/mol. The molecule has 0 spiro atoms. The highest BCUT2D eigenvalue weighted by molar-refractivity contribution is 5.96. The molecule has 6 nitrogen and oxygen atoms in total. The molecule has 0 atom stereocenters. The van der Waals surface area contributed by atoms with Gasteiger partial charge in [-0.2, -0.15) is 5.26 Å². The Morgan fingerprint density at radius 2 is 1.68 bits per heavy atom. The molecule has 2 aromatic rings. The smallest absolute Gasteiger partial charge is 0.325 e. The Kier molecular flexibility index (Phi) is 4.66. The number of esters is 1. The fraction of sp³-hybridized carbons (Fsp3) is 0.211. The second kappa shape index (κ2) is 7.05. The summed E-state index contributed by atoms with van der Waals surface area (Å²) in [6, 6.07) is 16.9. The maximum Gasteiger partial charge on any atom is 0.325 e. The first-order valence-corrected chi connectivity index (χ1v) is 7.86. The van der Waals surface area contributed by atoms with E-state index in [1.165, 1.54) is 12.0 Å². The fourth-order valence-electron chi connectivity index (χ4n) is 2.76. The van der Waals surface area contributed by atoms with Gasteiger partial charge in [-0.15, -0.1) is 0 Å². The van der Waals surface area contributed by atoms with Gasteiger partial charge in [-0.3, -0.25) is 9.69 Å². The zero-order valence-electron chi connectivity index (χ0n) is 13.8. The quantitative estimate of drug-likeness (QED) is 0.805. The van der Waals surface area contributed by atoms with E-state index in [0.717, 1.165) is 16.8 Å². The van der Waals surface area contributed by atoms with Crippen LogP contribution in [0.2, 0.25) is 0 Å². The number of urea groups is 1. The highest BCUT2D eigenvalue weighted by atomic mass is 16.5. The van der Waals surface area contributed by atoms with E-state index in [4.69, 9.17) is 5.26 Å². The molecule has 0 radical (unpaired) electrons. The van der Waals surface area contributed by atoms with Gasteiger partial charge in [-0.1, -0.05) is 24.3 Å². The van der Waals surface area contributed by atoms with E-state index in [0.29, 0.717) is 18.7 Å². The van der Waals surface area contributed by atoms with E-state index >= 15 is 0 Å². The first kappa shape index (κ1) is 16.5. The SMILES string of the molecule is COC(=O)CN1CCN(c2ccc(-c3ccc(C#N)cc3)cc2)C1=O. The van der Waals surface area contributed by atoms with Crippen LogP contribution in [0.1, 0.15) is 5.56 Å². The summed E-state index contributed by atoms with van der Waals surface area (Å²) in [5, 5.41) is 8.85. The second-order valence-electron chi connectivity index (χ2n) is 5.67. The minimum absolute atomic E-state index is 0.0326. The maximum atomic E-state index is 12.4. The zero-order valence-corrected chi connectivity index (χ0v) is 13.8. The Morgan fingerprint density at radius 3 is 2.24 bits per heavy atom. The summed E-state index contributed by atoms with van der Waals surface area (Å²) in [5.41, 5.74) is 3.42. The second-order valence-corrected chi connectivity index (χ2v) is 5.67. The van der Waals surface area contributed by atoms with Crippen molar-refractivity contribution in [2.24, 2.45) is 0 Å². The van der Waals surface area contributed by atoms with Crippen LogP contribution < -0.4 is 4.90 Å². The molecule has 126 valence electrons. The fourth-order valence-corrected chi connectivity index (χ4v) is 2.76. The normalized spacial score (nSPS) is 13.7. The highest BCUT2D eigenvalue weighted by Gasteiger charge is 2.30. The van der Waals surface area contributed by atoms with Crippen molar-refractivity contribution in [3.8, 4) is 17.2 Å². The summed E-state index contributed by atoms with van der Waals surface area (Å²) in [6.45, 7) is 0.993. The lowest BCUT2D eigenvalue weighted by Gasteiger charge is -2.18. The Labute approximate surface area is 145 Å². The van der Waals surface area contributed by atoms with Crippen molar-refractivity contribution in [1.29, 1.82) is 5.26 Å². The van der Waals surface area contributed by atoms with Gasteiger partial charge in [-0.25, -0.2) is 4.79 Å². The van der Waals surface area contributed by atoms with E-state index in [9.17, 15) is 9.59 Å². The van der Waals surface area contributed by atoms with Crippen LogP contribution >= 0.6 is 0 Å². The standard InChI is InChI=1S/C19H17N3O3/c1-25-18(23)13-21-10-11-22(19(21)24)17-8-6-16(7-9-17)15-4-2-14(12-20)3-5-15/h2-9H,10-11,13H2,1H3. The average molecular weight is 335 g/mol. The number of hydrogen-bond acceptors (Lipinski definition) is 4. The first-order chi connectivity index (χ1) is 12.1. The number of rotatable bonds is 4. The van der Waals surface area contributed by atoms with Gasteiger partial charge in [0.15, 0.2) is 0 Å². The molecule has 1 saturated heterocycles. The zero-order chi connectivity index (χ0) is 17.8. The molecule has 3 rings (SSSR count). The molecule has 2 aromatic carbocycles. The molecular formula is C19H17N3O3. The van der Waals surface area contributed by atoms with Gasteiger partial charge in [-0.05, 0) is 35.4 Å². The van der Waals surface area contributed by atoms with Crippen LogP contribution in [0.25, 0.3) is 11.1 Å². The van der Waals surface area contributed by atoms with Crippen molar-refractivity contribution < 1.29 is 14.3 Å². The summed E-state index contributed by atoms with van der Waals surface area (Å²) in [6.07, 6.45) is 0. The van der Waals surface area contributed by atoms with E-state index in [1.54, 1.807) is 17.0 Å². The highest BCUT2D eigenvalue weighted by Crippen LogP contribution is 2.25. The lowest BCUT2D eigenvalue weighted by molar-refractivity contribution is -0.141. The lowest BCUT2D eigenvalue weighted by Crippen LogP contribution is -2.35. The van der Waals surface area contributed by atoms with Crippen LogP contribution in [0.5, 0.6) is 0 Å². The monoisotopic (exact) mass is 335 g/mol. The topological polar surface area (TPSA) is 73.6 Å². The minimum atomic E-state index is -0.425. The molecule has 6 heteroatoms. The van der Waals surface area contributed by atoms with Crippen LogP contribution in [0.4, 0.5) is 10.5 Å². The summed E-state index contributed by atoms with van der Waals surface area (Å²) in [4.78, 5) is 26.9. The van der Waals surface area contributed by atoms with E-state index in [1.807, 2.05) is 36.4 Å². The van der Waals surface area contributed by atoms with Gasteiger partial charge < -0.3 is 9.64 Å². The van der Waals surface area contributed by atoms with Crippen LogP contribution in [-0.4, -0.2) is 43.6 Å². The summed E-state index contributed by atoms with van der Waals surface area (Å²) >= 11 is 0. The van der Waals surface area contributed by atoms with Gasteiger partial charge >= 0.3 is 12.0 Å². The number of hydrogen-bond donors (Lipinski definition) is 0. The number of nitrogens with zero attached hydrogens (tertiary/aromatic N) is 3. The minimum Gasteiger partial charge on any atom is -0.468 e. The predicted octanol–water partition coefficient (Wildman–Crippen LogP) is 2.64. The number of carbonyl (C=O) groups is 2. The molecule has 0 saturated carbocycles. The van der Waals surface area contributed by atoms with Gasteiger partial charge in [0.1, 0.15) is 6.54 Å². The summed E-state index contributed by atoms with van der Waals surface area (Å²) in [5.74, 6) is -0.425. The van der Waals surface area contributed by atoms with Crippen LogP contribution in [0.15, 0.2) is 48.5 Å². The van der Waals surface area contributed by atoms with Gasteiger partial charge in [0.25, 0.3) is 0 Å². The Balaban J connectivity index is 1.73. The van der Waals surface area contributed by atoms with Crippen LogP contribution in [0, 0.1) is 11.3 Å². The molecule has 0 bridgehead atoms. The number of ether oxygens (including phenoxy) is 1. The van der Waals surface area contributed by atoms with Crippen molar-refractivity contribution in [3.63, 3.8) is 0 Å². The number of nitriles is 1. The average Bonchev–Trinajstić information content (AvgIpc) is 3.02. The number of anilines is 1. The molecule has 1 heterocycles. The van der Waals surface area contributed by atoms with E-state index < -0.39 is 5.97 Å². The van der Waals surface area contributed by atoms with Gasteiger partial charge in [0.05, 0.1) is 18.7 Å². The Bertz CT molecular complexity index is 822. The van der Waals surface area contributed by atoms with Crippen molar-refractivity contribution in [1.82, 2.24) is 4.90 Å². The number of methoxy groups -OCH3 is 1. The molecule has 0 aromatic heterocycles. The number of amides is 2. The van der Waals surface area contributed by atoms with Crippen molar-refractivity contribution in [3.05, 3.63) is 54.1 Å². The summed E-state index contributed by atoms with van der Waals surface area (Å²) in [7, 11) is 1.31. The van der Waals surface area contributed by atoms with E-state index in [2.05, 4.69) is 10.8 Å². The van der Waals surface area contributed by atoms with Gasteiger partial charge in [0.2, 0.25) is 0 Å². The number of benzene rings is 2. The Hall–Kier alpha value is -3.33. The molecule has 1 aliphatic heterocycles. The molecule has 1 aliphatic rings. The van der Waals surface area contributed by atoms with E-state index in [-0.39, 0.29) is 12.6 Å². The molecule has 0 unspecified atom stereocenters. The van der Waals surface area contributed by atoms with Crippen molar-refractivity contribution >= 4 is 17.7 Å². The third-order valence-electron chi connectivity index (χ3n) is 4.17. The maximum absolute atomic E-state index is 12.4. The number of carbonyl (C=O) groups excluding carboxylic acids is 2. The molecule has 0 aliphatic carbocycles. The summed E-state index contributed by atoms with van der Waals surface area (Å²) < 4.78 is 4.61. The molecule has 1 fully saturated rings. The molecular weight excluding hydrogens is 318 g/mol. The van der Waals surface area contributed by atoms with Gasteiger partial charge in [0, 0.05) is 18.8 Å². The van der Waals surface area contributed by atoms with Crippen LogP contribution in [0.3, 0.4) is 0 Å². The largest absolute Gasteiger partial charge is 0.468 e. The first-order valence-electron chi connectivity index (χ1n) is 7.86. The van der Waals surface area contributed by atoms with Crippen molar-refractivity contribution in [2.45, 2.75) is 0 Å².